The first-order valence-electron chi connectivity index (χ1n) is 17.3. The molecule has 0 radical (unpaired) electrons. The van der Waals surface area contributed by atoms with Gasteiger partial charge in [-0.05, 0) is 37.8 Å². The average molecular weight is 709 g/mol. The molecular weight excluding hydrogens is 663 g/mol. The topological polar surface area (TPSA) is 176 Å². The molecular formula is C36H45BN2O12. The van der Waals surface area contributed by atoms with Crippen molar-refractivity contribution < 1.29 is 47.7 Å². The molecule has 0 amide bonds. The van der Waals surface area contributed by atoms with E-state index in [0.29, 0.717) is 31.5 Å². The highest BCUT2D eigenvalue weighted by molar-refractivity contribution is 6.64. The lowest BCUT2D eigenvalue weighted by molar-refractivity contribution is -0.386. The van der Waals surface area contributed by atoms with Gasteiger partial charge in [0.25, 0.3) is 0 Å². The summed E-state index contributed by atoms with van der Waals surface area (Å²) in [4.78, 5) is 45.9. The molecule has 274 valence electrons. The van der Waals surface area contributed by atoms with Gasteiger partial charge in [-0.25, -0.2) is 9.59 Å². The highest BCUT2D eigenvalue weighted by atomic mass is 16.8. The SMILES string of the molecule is O=C(OCCCCCCCCOc1ccccc1[N+](=O)[O-])OB(OC(=O)OCCCCCCCCOc1ccccc1[N+](=O)[O-])c1ccccc1. The minimum Gasteiger partial charge on any atom is -0.487 e. The Morgan fingerprint density at radius 2 is 0.843 bits per heavy atom. The van der Waals surface area contributed by atoms with Gasteiger partial charge in [-0.1, -0.05) is 106 Å². The molecule has 15 heteroatoms. The quantitative estimate of drug-likeness (QED) is 0.0271. The molecule has 0 bridgehead atoms. The molecule has 0 saturated heterocycles. The first-order chi connectivity index (χ1) is 24.8. The van der Waals surface area contributed by atoms with Gasteiger partial charge in [-0.15, -0.1) is 0 Å². The molecule has 0 atom stereocenters. The molecule has 3 aromatic rings. The monoisotopic (exact) mass is 708 g/mol. The smallest absolute Gasteiger partial charge is 0.487 e. The zero-order valence-electron chi connectivity index (χ0n) is 28.7. The Morgan fingerprint density at radius 1 is 0.490 bits per heavy atom. The summed E-state index contributed by atoms with van der Waals surface area (Å²) in [6.07, 6.45) is 8.06. The van der Waals surface area contributed by atoms with Crippen LogP contribution in [0.5, 0.6) is 11.5 Å². The van der Waals surface area contributed by atoms with Gasteiger partial charge in [0.05, 0.1) is 36.3 Å². The predicted octanol–water partition coefficient (Wildman–Crippen LogP) is 8.34. The van der Waals surface area contributed by atoms with Crippen molar-refractivity contribution in [3.05, 3.63) is 99.1 Å². The van der Waals surface area contributed by atoms with Crippen LogP contribution in [-0.4, -0.2) is 55.7 Å². The van der Waals surface area contributed by atoms with Gasteiger partial charge in [0.1, 0.15) is 0 Å². The largest absolute Gasteiger partial charge is 0.641 e. The summed E-state index contributed by atoms with van der Waals surface area (Å²) < 4.78 is 32.1. The van der Waals surface area contributed by atoms with E-state index in [2.05, 4.69) is 0 Å². The summed E-state index contributed by atoms with van der Waals surface area (Å²) in [6, 6.07) is 21.1. The molecule has 3 aromatic carbocycles. The molecule has 0 aliphatic heterocycles. The van der Waals surface area contributed by atoms with Crippen molar-refractivity contribution in [3.8, 4) is 11.5 Å². The van der Waals surface area contributed by atoms with Crippen LogP contribution in [0.3, 0.4) is 0 Å². The van der Waals surface area contributed by atoms with Gasteiger partial charge in [0, 0.05) is 17.6 Å². The fourth-order valence-corrected chi connectivity index (χ4v) is 4.97. The maximum absolute atomic E-state index is 12.4. The lowest BCUT2D eigenvalue weighted by Crippen LogP contribution is -2.41. The Morgan fingerprint density at radius 3 is 1.25 bits per heavy atom. The minimum atomic E-state index is -1.33. The van der Waals surface area contributed by atoms with Crippen LogP contribution in [0.1, 0.15) is 77.0 Å². The number of unbranched alkanes of at least 4 members (excludes halogenated alkanes) is 10. The normalized spacial score (nSPS) is 10.5. The van der Waals surface area contributed by atoms with Crippen LogP contribution in [0, 0.1) is 20.2 Å². The molecule has 0 spiro atoms. The molecule has 14 nitrogen and oxygen atoms in total. The van der Waals surface area contributed by atoms with E-state index in [4.69, 9.17) is 28.3 Å². The second-order valence-electron chi connectivity index (χ2n) is 11.6. The Labute approximate surface area is 297 Å². The van der Waals surface area contributed by atoms with Crippen molar-refractivity contribution in [2.45, 2.75) is 77.0 Å². The highest BCUT2D eigenvalue weighted by Gasteiger charge is 2.32. The molecule has 0 saturated carbocycles. The summed E-state index contributed by atoms with van der Waals surface area (Å²) in [7, 11) is -1.33. The van der Waals surface area contributed by atoms with Gasteiger partial charge in [-0.3, -0.25) is 20.2 Å². The third kappa shape index (κ3) is 16.3. The molecule has 3 rings (SSSR count). The summed E-state index contributed by atoms with van der Waals surface area (Å²) in [5.74, 6) is 0.536. The van der Waals surface area contributed by atoms with E-state index in [9.17, 15) is 29.8 Å². The average Bonchev–Trinajstić information content (AvgIpc) is 3.13. The summed E-state index contributed by atoms with van der Waals surface area (Å²) >= 11 is 0. The fourth-order valence-electron chi connectivity index (χ4n) is 4.97. The van der Waals surface area contributed by atoms with Crippen LogP contribution in [0.25, 0.3) is 0 Å². The molecule has 0 unspecified atom stereocenters. The molecule has 0 aliphatic rings. The zero-order chi connectivity index (χ0) is 36.5. The Bertz CT molecular complexity index is 1400. The van der Waals surface area contributed by atoms with Crippen LogP contribution >= 0.6 is 0 Å². The van der Waals surface area contributed by atoms with Gasteiger partial charge in [0.2, 0.25) is 0 Å². The van der Waals surface area contributed by atoms with Gasteiger partial charge in [0.15, 0.2) is 11.5 Å². The van der Waals surface area contributed by atoms with E-state index in [1.165, 1.54) is 12.1 Å². The number of nitro groups is 2. The van der Waals surface area contributed by atoms with E-state index < -0.39 is 29.3 Å². The zero-order valence-corrected chi connectivity index (χ0v) is 28.7. The molecule has 0 N–H and O–H groups in total. The van der Waals surface area contributed by atoms with E-state index in [-0.39, 0.29) is 36.1 Å². The van der Waals surface area contributed by atoms with Crippen LogP contribution < -0.4 is 14.9 Å². The molecule has 0 heterocycles. The van der Waals surface area contributed by atoms with Crippen LogP contribution in [0.15, 0.2) is 78.9 Å². The Kier molecular flexibility index (Phi) is 18.8. The predicted molar refractivity (Wildman–Crippen MR) is 189 cm³/mol. The number of carbonyl (C=O) groups excluding carboxylic acids is 2. The molecule has 0 aromatic heterocycles. The van der Waals surface area contributed by atoms with E-state index in [1.54, 1.807) is 66.7 Å². The highest BCUT2D eigenvalue weighted by Crippen LogP contribution is 2.27. The number of rotatable bonds is 25. The minimum absolute atomic E-state index is 0.0461. The maximum Gasteiger partial charge on any atom is 0.641 e. The van der Waals surface area contributed by atoms with Gasteiger partial charge >= 0.3 is 30.8 Å². The van der Waals surface area contributed by atoms with Crippen molar-refractivity contribution in [1.29, 1.82) is 0 Å². The van der Waals surface area contributed by atoms with E-state index in [1.807, 2.05) is 0 Å². The van der Waals surface area contributed by atoms with Crippen molar-refractivity contribution in [2.24, 2.45) is 0 Å². The lowest BCUT2D eigenvalue weighted by atomic mass is 9.79. The number of hydrogen-bond acceptors (Lipinski definition) is 12. The van der Waals surface area contributed by atoms with Crippen LogP contribution in [0.4, 0.5) is 21.0 Å². The number of carbonyl (C=O) groups is 2. The number of benzene rings is 3. The number of ether oxygens (including phenoxy) is 4. The second-order valence-corrected chi connectivity index (χ2v) is 11.6. The number of nitrogens with zero attached hydrogens (tertiary/aromatic N) is 2. The number of para-hydroxylation sites is 4. The number of nitro benzene ring substituents is 2. The summed E-state index contributed by atoms with van der Waals surface area (Å²) in [6.45, 7) is 1.08. The van der Waals surface area contributed by atoms with Gasteiger partial charge in [-0.2, -0.15) is 0 Å². The standard InChI is InChI=1S/C36H45BN2O12/c40-35(48-28-18-7-3-1-5-16-26-46-33-24-14-12-22-31(33)38(42)43)50-37(30-20-10-9-11-21-30)51-36(41)49-29-19-8-4-2-6-17-27-47-34-25-15-13-23-32(34)39(44)45/h9-15,20-25H,1-8,16-19,26-29H2. The third-order valence-corrected chi connectivity index (χ3v) is 7.63. The first-order valence-corrected chi connectivity index (χ1v) is 17.3. The van der Waals surface area contributed by atoms with E-state index in [0.717, 1.165) is 64.2 Å². The second kappa shape index (κ2) is 23.9. The van der Waals surface area contributed by atoms with Crippen molar-refractivity contribution in [2.75, 3.05) is 26.4 Å². The Hall–Kier alpha value is -5.34. The summed E-state index contributed by atoms with van der Waals surface area (Å²) in [5, 5.41) is 22.1. The molecule has 0 aliphatic carbocycles. The van der Waals surface area contributed by atoms with Crippen LogP contribution in [0.2, 0.25) is 0 Å². The Balaban J connectivity index is 1.21. The third-order valence-electron chi connectivity index (χ3n) is 7.63. The van der Waals surface area contributed by atoms with Gasteiger partial charge < -0.3 is 28.3 Å². The van der Waals surface area contributed by atoms with Crippen LogP contribution in [-0.2, 0) is 18.8 Å². The summed E-state index contributed by atoms with van der Waals surface area (Å²) in [5.41, 5.74) is 0.355. The molecule has 51 heavy (non-hydrogen) atoms. The fraction of sp³-hybridized carbons (Fsp3) is 0.444. The number of hydrogen-bond donors (Lipinski definition) is 0. The van der Waals surface area contributed by atoms with Crippen molar-refractivity contribution in [3.63, 3.8) is 0 Å². The lowest BCUT2D eigenvalue weighted by Gasteiger charge is -2.14. The molecule has 0 fully saturated rings. The first kappa shape index (κ1) is 40.1. The van der Waals surface area contributed by atoms with Crippen molar-refractivity contribution in [1.82, 2.24) is 0 Å². The van der Waals surface area contributed by atoms with Crippen molar-refractivity contribution >= 4 is 36.3 Å². The van der Waals surface area contributed by atoms with E-state index >= 15 is 0 Å². The maximum atomic E-state index is 12.4.